The molecule has 0 aliphatic rings. The Hall–Kier alpha value is -1.68. The van der Waals surface area contributed by atoms with E-state index in [0.29, 0.717) is 17.8 Å². The largest absolute Gasteiger partial charge is 0.339 e. The van der Waals surface area contributed by atoms with Crippen molar-refractivity contribution in [2.24, 2.45) is 0 Å². The highest BCUT2D eigenvalue weighted by Gasteiger charge is 2.09. The molecule has 4 nitrogen and oxygen atoms in total. The van der Waals surface area contributed by atoms with E-state index in [1.54, 1.807) is 0 Å². The van der Waals surface area contributed by atoms with Crippen LogP contribution in [0.25, 0.3) is 11.4 Å². The van der Waals surface area contributed by atoms with Gasteiger partial charge in [0.05, 0.1) is 0 Å². The first-order valence-corrected chi connectivity index (χ1v) is 6.26. The van der Waals surface area contributed by atoms with Crippen LogP contribution in [0.1, 0.15) is 24.8 Å². The van der Waals surface area contributed by atoms with Crippen LogP contribution < -0.4 is 5.32 Å². The highest BCUT2D eigenvalue weighted by Crippen LogP contribution is 2.17. The molecule has 96 valence electrons. The third-order valence-electron chi connectivity index (χ3n) is 3.03. The summed E-state index contributed by atoms with van der Waals surface area (Å²) in [5.74, 6) is 1.37. The van der Waals surface area contributed by atoms with Crippen molar-refractivity contribution in [1.29, 1.82) is 0 Å². The quantitative estimate of drug-likeness (QED) is 0.879. The minimum atomic E-state index is 0.458. The first-order chi connectivity index (χ1) is 8.69. The van der Waals surface area contributed by atoms with Crippen LogP contribution in [0, 0.1) is 6.92 Å². The molecule has 0 aliphatic heterocycles. The molecule has 1 heterocycles. The van der Waals surface area contributed by atoms with Gasteiger partial charge in [0.1, 0.15) is 0 Å². The maximum Gasteiger partial charge on any atom is 0.227 e. The molecule has 1 N–H and O–H groups in total. The standard InChI is InChI=1S/C14H19N3O/c1-10-5-4-6-12(9-10)14-16-13(18-17-14)8-7-11(2)15-3/h4-6,9,11,15H,7-8H2,1-3H3. The molecule has 0 amide bonds. The molecule has 1 aromatic carbocycles. The van der Waals surface area contributed by atoms with Crippen LogP contribution in [-0.4, -0.2) is 23.2 Å². The Kier molecular flexibility index (Phi) is 4.10. The van der Waals surface area contributed by atoms with Crippen LogP contribution in [0.4, 0.5) is 0 Å². The number of hydrogen-bond acceptors (Lipinski definition) is 4. The van der Waals surface area contributed by atoms with E-state index in [1.807, 2.05) is 19.2 Å². The number of aryl methyl sites for hydroxylation is 2. The number of nitrogens with one attached hydrogen (secondary N) is 1. The van der Waals surface area contributed by atoms with E-state index in [4.69, 9.17) is 4.52 Å². The maximum absolute atomic E-state index is 5.26. The van der Waals surface area contributed by atoms with Gasteiger partial charge in [-0.15, -0.1) is 0 Å². The van der Waals surface area contributed by atoms with E-state index in [0.717, 1.165) is 18.4 Å². The molecule has 1 atom stereocenters. The molecule has 4 heteroatoms. The molecule has 0 fully saturated rings. The second-order valence-electron chi connectivity index (χ2n) is 4.61. The van der Waals surface area contributed by atoms with Crippen molar-refractivity contribution >= 4 is 0 Å². The fraction of sp³-hybridized carbons (Fsp3) is 0.429. The molecule has 0 bridgehead atoms. The fourth-order valence-corrected chi connectivity index (χ4v) is 1.74. The average Bonchev–Trinajstić information content (AvgIpc) is 2.84. The van der Waals surface area contributed by atoms with E-state index in [9.17, 15) is 0 Å². The van der Waals surface area contributed by atoms with Crippen molar-refractivity contribution in [1.82, 2.24) is 15.5 Å². The van der Waals surface area contributed by atoms with Crippen molar-refractivity contribution in [3.63, 3.8) is 0 Å². The zero-order chi connectivity index (χ0) is 13.0. The fourth-order valence-electron chi connectivity index (χ4n) is 1.74. The number of nitrogens with zero attached hydrogens (tertiary/aromatic N) is 2. The number of benzene rings is 1. The molecule has 0 radical (unpaired) electrons. The number of rotatable bonds is 5. The first kappa shape index (κ1) is 12.8. The molecule has 1 unspecified atom stereocenters. The molecule has 0 spiro atoms. The van der Waals surface area contributed by atoms with E-state index >= 15 is 0 Å². The van der Waals surface area contributed by atoms with Gasteiger partial charge >= 0.3 is 0 Å². The van der Waals surface area contributed by atoms with Crippen molar-refractivity contribution in [3.8, 4) is 11.4 Å². The molecule has 0 saturated carbocycles. The summed E-state index contributed by atoms with van der Waals surface area (Å²) in [5.41, 5.74) is 2.20. The van der Waals surface area contributed by atoms with Gasteiger partial charge in [0, 0.05) is 18.0 Å². The Morgan fingerprint density at radius 2 is 2.22 bits per heavy atom. The monoisotopic (exact) mass is 245 g/mol. The summed E-state index contributed by atoms with van der Waals surface area (Å²) < 4.78 is 5.26. The lowest BCUT2D eigenvalue weighted by atomic mass is 10.1. The first-order valence-electron chi connectivity index (χ1n) is 6.26. The molecule has 0 aliphatic carbocycles. The van der Waals surface area contributed by atoms with Gasteiger partial charge in [-0.1, -0.05) is 28.9 Å². The molecule has 18 heavy (non-hydrogen) atoms. The van der Waals surface area contributed by atoms with E-state index < -0.39 is 0 Å². The summed E-state index contributed by atoms with van der Waals surface area (Å²) in [4.78, 5) is 4.42. The normalized spacial score (nSPS) is 12.6. The van der Waals surface area contributed by atoms with Gasteiger partial charge in [0.2, 0.25) is 11.7 Å². The summed E-state index contributed by atoms with van der Waals surface area (Å²) in [7, 11) is 1.96. The number of hydrogen-bond donors (Lipinski definition) is 1. The van der Waals surface area contributed by atoms with Gasteiger partial charge in [-0.2, -0.15) is 4.98 Å². The van der Waals surface area contributed by atoms with Gasteiger partial charge in [-0.3, -0.25) is 0 Å². The lowest BCUT2D eigenvalue weighted by Gasteiger charge is -2.06. The van der Waals surface area contributed by atoms with E-state index in [-0.39, 0.29) is 0 Å². The summed E-state index contributed by atoms with van der Waals surface area (Å²) in [6.45, 7) is 4.19. The molecule has 2 aromatic rings. The SMILES string of the molecule is CNC(C)CCc1nc(-c2cccc(C)c2)no1. The van der Waals surface area contributed by atoms with Crippen molar-refractivity contribution in [2.45, 2.75) is 32.7 Å². The second kappa shape index (κ2) is 5.78. The van der Waals surface area contributed by atoms with Crippen LogP contribution in [0.3, 0.4) is 0 Å². The Labute approximate surface area is 107 Å². The Morgan fingerprint density at radius 1 is 1.39 bits per heavy atom. The highest BCUT2D eigenvalue weighted by molar-refractivity contribution is 5.55. The van der Waals surface area contributed by atoms with Crippen LogP contribution in [0.5, 0.6) is 0 Å². The van der Waals surface area contributed by atoms with E-state index in [2.05, 4.69) is 41.4 Å². The minimum absolute atomic E-state index is 0.458. The van der Waals surface area contributed by atoms with E-state index in [1.165, 1.54) is 5.56 Å². The molecule has 2 rings (SSSR count). The summed E-state index contributed by atoms with van der Waals surface area (Å²) in [6, 6.07) is 8.57. The topological polar surface area (TPSA) is 51.0 Å². The smallest absolute Gasteiger partial charge is 0.227 e. The summed E-state index contributed by atoms with van der Waals surface area (Å²) in [5, 5.41) is 7.22. The molecular weight excluding hydrogens is 226 g/mol. The summed E-state index contributed by atoms with van der Waals surface area (Å²) in [6.07, 6.45) is 1.80. The molecule has 0 saturated heterocycles. The van der Waals surface area contributed by atoms with Gasteiger partial charge < -0.3 is 9.84 Å². The van der Waals surface area contributed by atoms with Crippen LogP contribution >= 0.6 is 0 Å². The zero-order valence-electron chi connectivity index (χ0n) is 11.1. The Balaban J connectivity index is 2.06. The van der Waals surface area contributed by atoms with Crippen LogP contribution in [0.15, 0.2) is 28.8 Å². The predicted octanol–water partition coefficient (Wildman–Crippen LogP) is 2.59. The van der Waals surface area contributed by atoms with Gasteiger partial charge in [-0.25, -0.2) is 0 Å². The Morgan fingerprint density at radius 3 is 2.94 bits per heavy atom. The van der Waals surface area contributed by atoms with Crippen molar-refractivity contribution in [3.05, 3.63) is 35.7 Å². The highest BCUT2D eigenvalue weighted by atomic mass is 16.5. The lowest BCUT2D eigenvalue weighted by molar-refractivity contribution is 0.369. The molecular formula is C14H19N3O. The number of aromatic nitrogens is 2. The molecule has 1 aromatic heterocycles. The predicted molar refractivity (Wildman–Crippen MR) is 71.3 cm³/mol. The minimum Gasteiger partial charge on any atom is -0.339 e. The van der Waals surface area contributed by atoms with Crippen LogP contribution in [-0.2, 0) is 6.42 Å². The lowest BCUT2D eigenvalue weighted by Crippen LogP contribution is -2.21. The van der Waals surface area contributed by atoms with Gasteiger partial charge in [-0.05, 0) is 33.4 Å². The Bertz CT molecular complexity index is 507. The summed E-state index contributed by atoms with van der Waals surface area (Å²) >= 11 is 0. The average molecular weight is 245 g/mol. The van der Waals surface area contributed by atoms with Gasteiger partial charge in [0.25, 0.3) is 0 Å². The third-order valence-corrected chi connectivity index (χ3v) is 3.03. The van der Waals surface area contributed by atoms with Gasteiger partial charge in [0.15, 0.2) is 0 Å². The maximum atomic E-state index is 5.26. The van der Waals surface area contributed by atoms with Crippen molar-refractivity contribution < 1.29 is 4.52 Å². The zero-order valence-corrected chi connectivity index (χ0v) is 11.1. The van der Waals surface area contributed by atoms with Crippen molar-refractivity contribution in [2.75, 3.05) is 7.05 Å². The van der Waals surface area contributed by atoms with Crippen LogP contribution in [0.2, 0.25) is 0 Å². The second-order valence-corrected chi connectivity index (χ2v) is 4.61. The third kappa shape index (κ3) is 3.17.